The van der Waals surface area contributed by atoms with Gasteiger partial charge in [0.1, 0.15) is 11.5 Å². The maximum atomic E-state index is 12.6. The first-order chi connectivity index (χ1) is 11.9. The zero-order chi connectivity index (χ0) is 18.1. The fraction of sp³-hybridized carbons (Fsp3) is 0.176. The van der Waals surface area contributed by atoms with Crippen LogP contribution < -0.4 is 14.3 Å². The molecule has 8 heteroatoms. The number of nitrogens with zero attached hydrogens (tertiary/aromatic N) is 2. The first-order valence-corrected chi connectivity index (χ1v) is 8.77. The molecule has 2 aromatic carbocycles. The molecule has 0 aliphatic carbocycles. The molecule has 0 fully saturated rings. The van der Waals surface area contributed by atoms with Crippen molar-refractivity contribution in [3.63, 3.8) is 0 Å². The number of aromatic nitrogens is 1. The molecule has 0 radical (unpaired) electrons. The molecule has 3 rings (SSSR count). The van der Waals surface area contributed by atoms with Crippen LogP contribution in [0.2, 0.25) is 10.0 Å². The Hall–Kier alpha value is -2.02. The molecule has 1 amide bonds. The Morgan fingerprint density at radius 3 is 2.32 bits per heavy atom. The van der Waals surface area contributed by atoms with E-state index in [1.165, 1.54) is 25.6 Å². The third kappa shape index (κ3) is 3.51. The maximum absolute atomic E-state index is 12.6. The third-order valence-electron chi connectivity index (χ3n) is 3.61. The number of fused-ring (bicyclic) bond motifs is 1. The highest BCUT2D eigenvalue weighted by atomic mass is 35.5. The van der Waals surface area contributed by atoms with Gasteiger partial charge in [0.25, 0.3) is 5.91 Å². The van der Waals surface area contributed by atoms with Crippen LogP contribution in [0.15, 0.2) is 35.3 Å². The smallest absolute Gasteiger partial charge is 0.279 e. The van der Waals surface area contributed by atoms with Crippen molar-refractivity contribution in [1.82, 2.24) is 4.57 Å². The number of thiazole rings is 1. The van der Waals surface area contributed by atoms with Gasteiger partial charge >= 0.3 is 0 Å². The van der Waals surface area contributed by atoms with Crippen LogP contribution in [-0.2, 0) is 7.05 Å². The van der Waals surface area contributed by atoms with Gasteiger partial charge in [0, 0.05) is 23.7 Å². The van der Waals surface area contributed by atoms with Gasteiger partial charge in [-0.3, -0.25) is 4.79 Å². The molecule has 0 saturated carbocycles. The number of amides is 1. The van der Waals surface area contributed by atoms with E-state index < -0.39 is 5.91 Å². The monoisotopic (exact) mass is 396 g/mol. The van der Waals surface area contributed by atoms with E-state index in [0.29, 0.717) is 31.9 Å². The number of ether oxygens (including phenoxy) is 2. The number of carbonyl (C=O) groups excluding carboxylic acids is 1. The van der Waals surface area contributed by atoms with E-state index in [-0.39, 0.29) is 0 Å². The predicted octanol–water partition coefficient (Wildman–Crippen LogP) is 4.30. The molecule has 5 nitrogen and oxygen atoms in total. The highest BCUT2D eigenvalue weighted by Gasteiger charge is 2.12. The molecule has 1 heterocycles. The second-order valence-corrected chi connectivity index (χ2v) is 7.05. The van der Waals surface area contributed by atoms with Crippen molar-refractivity contribution >= 4 is 50.7 Å². The number of methoxy groups -OCH3 is 2. The lowest BCUT2D eigenvalue weighted by molar-refractivity contribution is 0.0997. The lowest BCUT2D eigenvalue weighted by atomic mass is 10.2. The molecule has 0 saturated heterocycles. The summed E-state index contributed by atoms with van der Waals surface area (Å²) < 4.78 is 13.0. The van der Waals surface area contributed by atoms with Crippen LogP contribution >= 0.6 is 34.5 Å². The van der Waals surface area contributed by atoms with Crippen LogP contribution in [0.1, 0.15) is 10.4 Å². The summed E-state index contributed by atoms with van der Waals surface area (Å²) >= 11 is 13.6. The van der Waals surface area contributed by atoms with Gasteiger partial charge in [-0.15, -0.1) is 0 Å². The van der Waals surface area contributed by atoms with Crippen molar-refractivity contribution < 1.29 is 14.3 Å². The molecule has 0 N–H and O–H groups in total. The van der Waals surface area contributed by atoms with Crippen LogP contribution in [-0.4, -0.2) is 24.7 Å². The molecule has 0 bridgehead atoms. The highest BCUT2D eigenvalue weighted by molar-refractivity contribution is 7.16. The highest BCUT2D eigenvalue weighted by Crippen LogP contribution is 2.29. The Labute approximate surface area is 158 Å². The molecule has 3 aromatic rings. The van der Waals surface area contributed by atoms with Crippen molar-refractivity contribution in [3.05, 3.63) is 50.7 Å². The van der Waals surface area contributed by atoms with Crippen LogP contribution in [0, 0.1) is 0 Å². The van der Waals surface area contributed by atoms with Crippen molar-refractivity contribution in [1.29, 1.82) is 0 Å². The molecular formula is C17H14Cl2N2O3S. The fourth-order valence-corrected chi connectivity index (χ4v) is 4.21. The number of hydrogen-bond donors (Lipinski definition) is 0. The summed E-state index contributed by atoms with van der Waals surface area (Å²) in [7, 11) is 4.85. The van der Waals surface area contributed by atoms with Crippen molar-refractivity contribution in [2.45, 2.75) is 0 Å². The van der Waals surface area contributed by atoms with Crippen LogP contribution in [0.25, 0.3) is 10.2 Å². The Balaban J connectivity index is 2.12. The normalized spacial score (nSPS) is 11.8. The number of halogens is 2. The SMILES string of the molecule is COc1cc(OC)cc(C(=O)N=c2sc3cc(Cl)cc(Cl)c3n2C)c1. The van der Waals surface area contributed by atoms with E-state index in [1.807, 2.05) is 0 Å². The molecule has 25 heavy (non-hydrogen) atoms. The average Bonchev–Trinajstić information content (AvgIpc) is 2.89. The fourth-order valence-electron chi connectivity index (χ4n) is 2.39. The van der Waals surface area contributed by atoms with E-state index in [2.05, 4.69) is 4.99 Å². The average molecular weight is 397 g/mol. The molecule has 0 aliphatic heterocycles. The predicted molar refractivity (Wildman–Crippen MR) is 100 cm³/mol. The van der Waals surface area contributed by atoms with Crippen LogP contribution in [0.3, 0.4) is 0 Å². The summed E-state index contributed by atoms with van der Waals surface area (Å²) in [5.41, 5.74) is 1.16. The number of hydrogen-bond acceptors (Lipinski definition) is 4. The number of rotatable bonds is 3. The second-order valence-electron chi connectivity index (χ2n) is 5.20. The second kappa shape index (κ2) is 7.07. The zero-order valence-electron chi connectivity index (χ0n) is 13.7. The summed E-state index contributed by atoms with van der Waals surface area (Å²) in [5, 5.41) is 1.05. The Bertz CT molecular complexity index is 1020. The zero-order valence-corrected chi connectivity index (χ0v) is 16.0. The largest absolute Gasteiger partial charge is 0.497 e. The molecular weight excluding hydrogens is 383 g/mol. The maximum Gasteiger partial charge on any atom is 0.279 e. The van der Waals surface area contributed by atoms with Crippen molar-refractivity contribution in [3.8, 4) is 11.5 Å². The molecule has 0 aliphatic rings. The summed E-state index contributed by atoms with van der Waals surface area (Å²) in [5.74, 6) is 0.642. The van der Waals surface area contributed by atoms with Gasteiger partial charge in [0.2, 0.25) is 0 Å². The van der Waals surface area contributed by atoms with E-state index in [0.717, 1.165) is 10.2 Å². The standard InChI is InChI=1S/C17H14Cl2N2O3S/c1-21-15-13(19)6-10(18)7-14(15)25-17(21)20-16(22)9-4-11(23-2)8-12(5-9)24-3/h4-8H,1-3H3. The minimum absolute atomic E-state index is 0.373. The molecule has 0 atom stereocenters. The van der Waals surface area contributed by atoms with E-state index >= 15 is 0 Å². The minimum atomic E-state index is -0.401. The molecule has 0 spiro atoms. The van der Waals surface area contributed by atoms with Gasteiger partial charge in [0.15, 0.2) is 4.80 Å². The van der Waals surface area contributed by atoms with Crippen LogP contribution in [0.5, 0.6) is 11.5 Å². The third-order valence-corrected chi connectivity index (χ3v) is 5.20. The van der Waals surface area contributed by atoms with E-state index in [1.54, 1.807) is 41.9 Å². The first-order valence-electron chi connectivity index (χ1n) is 7.19. The topological polar surface area (TPSA) is 52.8 Å². The van der Waals surface area contributed by atoms with Gasteiger partial charge < -0.3 is 14.0 Å². The first kappa shape index (κ1) is 17.8. The van der Waals surface area contributed by atoms with Gasteiger partial charge in [-0.25, -0.2) is 0 Å². The van der Waals surface area contributed by atoms with Crippen molar-refractivity contribution in [2.75, 3.05) is 14.2 Å². The summed E-state index contributed by atoms with van der Waals surface area (Å²) in [4.78, 5) is 17.3. The van der Waals surface area contributed by atoms with E-state index in [4.69, 9.17) is 32.7 Å². The Kier molecular flexibility index (Phi) is 5.03. The van der Waals surface area contributed by atoms with Gasteiger partial charge in [0.05, 0.1) is 29.5 Å². The van der Waals surface area contributed by atoms with E-state index in [9.17, 15) is 4.79 Å². The summed E-state index contributed by atoms with van der Waals surface area (Å²) in [6.07, 6.45) is 0. The number of carbonyl (C=O) groups is 1. The number of aryl methyl sites for hydroxylation is 1. The minimum Gasteiger partial charge on any atom is -0.497 e. The van der Waals surface area contributed by atoms with Crippen molar-refractivity contribution in [2.24, 2.45) is 12.0 Å². The number of benzene rings is 2. The van der Waals surface area contributed by atoms with Gasteiger partial charge in [-0.05, 0) is 24.3 Å². The molecule has 1 aromatic heterocycles. The van der Waals surface area contributed by atoms with Crippen LogP contribution in [0.4, 0.5) is 0 Å². The van der Waals surface area contributed by atoms with Gasteiger partial charge in [-0.2, -0.15) is 4.99 Å². The molecule has 0 unspecified atom stereocenters. The Morgan fingerprint density at radius 2 is 1.72 bits per heavy atom. The lowest BCUT2D eigenvalue weighted by Crippen LogP contribution is -2.13. The Morgan fingerprint density at radius 1 is 1.08 bits per heavy atom. The summed E-state index contributed by atoms with van der Waals surface area (Å²) in [6.45, 7) is 0. The van der Waals surface area contributed by atoms with Gasteiger partial charge in [-0.1, -0.05) is 34.5 Å². The molecule has 130 valence electrons. The lowest BCUT2D eigenvalue weighted by Gasteiger charge is -2.06. The quantitative estimate of drug-likeness (QED) is 0.662. The summed E-state index contributed by atoms with van der Waals surface area (Å²) in [6, 6.07) is 8.39.